The number of hydrogen-bond donors (Lipinski definition) is 0. The Bertz CT molecular complexity index is 928. The number of nitrogens with zero attached hydrogens (tertiary/aromatic N) is 1. The first-order valence-corrected chi connectivity index (χ1v) is 8.79. The van der Waals surface area contributed by atoms with Gasteiger partial charge in [0, 0.05) is 16.8 Å². The Morgan fingerprint density at radius 1 is 0.480 bits per heavy atom. The molecule has 4 rings (SSSR count). The second-order valence-corrected chi connectivity index (χ2v) is 6.48. The van der Waals surface area contributed by atoms with Crippen LogP contribution in [0.5, 0.6) is 0 Å². The molecule has 0 saturated heterocycles. The number of aromatic nitrogens is 1. The van der Waals surface area contributed by atoms with E-state index in [1.54, 1.807) is 0 Å². The van der Waals surface area contributed by atoms with Crippen LogP contribution >= 0.6 is 23.2 Å². The van der Waals surface area contributed by atoms with Gasteiger partial charge in [-0.15, -0.1) is 0 Å². The molecule has 1 aromatic heterocycles. The maximum atomic E-state index is 6.70. The molecule has 25 heavy (non-hydrogen) atoms. The molecular formula is C22H15Cl2N. The molecule has 0 fully saturated rings. The Morgan fingerprint density at radius 2 is 0.840 bits per heavy atom. The SMILES string of the molecule is Clc1c(Cl)c(-c2ccccc2)n(-c2ccccc2)c1-c1ccccc1. The van der Waals surface area contributed by atoms with Crippen LogP contribution in [0.3, 0.4) is 0 Å². The largest absolute Gasteiger partial charge is 0.306 e. The molecule has 0 unspecified atom stereocenters. The smallest absolute Gasteiger partial charge is 0.0860 e. The van der Waals surface area contributed by atoms with Crippen LogP contribution < -0.4 is 0 Å². The molecule has 122 valence electrons. The molecule has 0 amide bonds. The van der Waals surface area contributed by atoms with E-state index in [0.717, 1.165) is 28.2 Å². The predicted octanol–water partition coefficient (Wildman–Crippen LogP) is 7.12. The summed E-state index contributed by atoms with van der Waals surface area (Å²) in [6.45, 7) is 0. The van der Waals surface area contributed by atoms with E-state index in [9.17, 15) is 0 Å². The van der Waals surface area contributed by atoms with Gasteiger partial charge in [0.2, 0.25) is 0 Å². The predicted molar refractivity (Wildman–Crippen MR) is 107 cm³/mol. The summed E-state index contributed by atoms with van der Waals surface area (Å²) in [7, 11) is 0. The summed E-state index contributed by atoms with van der Waals surface area (Å²) in [6.07, 6.45) is 0. The topological polar surface area (TPSA) is 4.93 Å². The van der Waals surface area contributed by atoms with E-state index in [4.69, 9.17) is 23.2 Å². The van der Waals surface area contributed by atoms with E-state index >= 15 is 0 Å². The molecule has 0 radical (unpaired) electrons. The van der Waals surface area contributed by atoms with Crippen molar-refractivity contribution in [1.82, 2.24) is 4.57 Å². The third kappa shape index (κ3) is 2.86. The van der Waals surface area contributed by atoms with Crippen molar-refractivity contribution in [1.29, 1.82) is 0 Å². The first-order valence-electron chi connectivity index (χ1n) is 8.03. The van der Waals surface area contributed by atoms with Gasteiger partial charge in [0.1, 0.15) is 0 Å². The van der Waals surface area contributed by atoms with Crippen LogP contribution in [0.2, 0.25) is 10.0 Å². The standard InChI is InChI=1S/C22H15Cl2N/c23-19-20(24)22(17-12-6-2-7-13-17)25(18-14-8-3-9-15-18)21(19)16-10-4-1-5-11-16/h1-15H. The molecule has 0 aliphatic heterocycles. The van der Waals surface area contributed by atoms with Crippen molar-refractivity contribution >= 4 is 23.2 Å². The molecule has 1 heterocycles. The molecule has 0 aliphatic carbocycles. The molecule has 1 nitrogen and oxygen atoms in total. The van der Waals surface area contributed by atoms with E-state index in [-0.39, 0.29) is 0 Å². The highest BCUT2D eigenvalue weighted by atomic mass is 35.5. The van der Waals surface area contributed by atoms with Crippen molar-refractivity contribution in [2.45, 2.75) is 0 Å². The second kappa shape index (κ2) is 6.79. The molecule has 0 atom stereocenters. The third-order valence-corrected chi connectivity index (χ3v) is 5.00. The normalized spacial score (nSPS) is 10.8. The van der Waals surface area contributed by atoms with E-state index in [2.05, 4.69) is 16.7 Å². The minimum Gasteiger partial charge on any atom is -0.306 e. The Morgan fingerprint density at radius 3 is 1.24 bits per heavy atom. The zero-order valence-corrected chi connectivity index (χ0v) is 14.9. The van der Waals surface area contributed by atoms with Gasteiger partial charge in [-0.3, -0.25) is 0 Å². The number of halogens is 2. The van der Waals surface area contributed by atoms with Crippen LogP contribution in [-0.2, 0) is 0 Å². The van der Waals surface area contributed by atoms with Gasteiger partial charge in [-0.25, -0.2) is 0 Å². The monoisotopic (exact) mass is 363 g/mol. The lowest BCUT2D eigenvalue weighted by atomic mass is 10.1. The fourth-order valence-corrected chi connectivity index (χ4v) is 3.62. The van der Waals surface area contributed by atoms with Gasteiger partial charge in [0.05, 0.1) is 21.4 Å². The number of rotatable bonds is 3. The molecule has 0 N–H and O–H groups in total. The average molecular weight is 364 g/mol. The maximum absolute atomic E-state index is 6.70. The summed E-state index contributed by atoms with van der Waals surface area (Å²) in [5, 5.41) is 1.13. The number of benzene rings is 3. The lowest BCUT2D eigenvalue weighted by molar-refractivity contribution is 1.09. The highest BCUT2D eigenvalue weighted by Crippen LogP contribution is 2.45. The summed E-state index contributed by atoms with van der Waals surface area (Å²) in [5.41, 5.74) is 4.88. The van der Waals surface area contributed by atoms with E-state index in [0.29, 0.717) is 10.0 Å². The molecule has 0 spiro atoms. The number of para-hydroxylation sites is 1. The Kier molecular flexibility index (Phi) is 4.35. The van der Waals surface area contributed by atoms with E-state index in [1.807, 2.05) is 78.9 Å². The first kappa shape index (κ1) is 16.0. The van der Waals surface area contributed by atoms with Gasteiger partial charge in [0.25, 0.3) is 0 Å². The van der Waals surface area contributed by atoms with Crippen molar-refractivity contribution in [2.24, 2.45) is 0 Å². The van der Waals surface area contributed by atoms with Crippen molar-refractivity contribution in [3.63, 3.8) is 0 Å². The zero-order valence-electron chi connectivity index (χ0n) is 13.4. The third-order valence-electron chi connectivity index (χ3n) is 4.16. The fraction of sp³-hybridized carbons (Fsp3) is 0. The highest BCUT2D eigenvalue weighted by molar-refractivity contribution is 6.45. The van der Waals surface area contributed by atoms with Gasteiger partial charge in [-0.2, -0.15) is 0 Å². The summed E-state index contributed by atoms with van der Waals surface area (Å²) >= 11 is 13.4. The molecule has 0 aliphatic rings. The van der Waals surface area contributed by atoms with Gasteiger partial charge < -0.3 is 4.57 Å². The highest BCUT2D eigenvalue weighted by Gasteiger charge is 2.23. The molecular weight excluding hydrogens is 349 g/mol. The lowest BCUT2D eigenvalue weighted by Crippen LogP contribution is -1.99. The van der Waals surface area contributed by atoms with Crippen LogP contribution in [0.1, 0.15) is 0 Å². The van der Waals surface area contributed by atoms with E-state index < -0.39 is 0 Å². The zero-order chi connectivity index (χ0) is 17.2. The van der Waals surface area contributed by atoms with Crippen molar-refractivity contribution in [3.8, 4) is 28.2 Å². The summed E-state index contributed by atoms with van der Waals surface area (Å²) in [5.74, 6) is 0. The maximum Gasteiger partial charge on any atom is 0.0860 e. The quantitative estimate of drug-likeness (QED) is 0.365. The van der Waals surface area contributed by atoms with Gasteiger partial charge in [-0.05, 0) is 12.1 Å². The molecule has 3 heteroatoms. The van der Waals surface area contributed by atoms with Crippen molar-refractivity contribution in [3.05, 3.63) is 101 Å². The van der Waals surface area contributed by atoms with Gasteiger partial charge in [0.15, 0.2) is 0 Å². The summed E-state index contributed by atoms with van der Waals surface area (Å²) < 4.78 is 2.13. The lowest BCUT2D eigenvalue weighted by Gasteiger charge is -2.14. The fourth-order valence-electron chi connectivity index (χ4n) is 3.05. The second-order valence-electron chi connectivity index (χ2n) is 5.73. The Hall–Kier alpha value is -2.48. The van der Waals surface area contributed by atoms with Crippen molar-refractivity contribution in [2.75, 3.05) is 0 Å². The van der Waals surface area contributed by atoms with E-state index in [1.165, 1.54) is 0 Å². The first-order chi connectivity index (χ1) is 12.3. The summed E-state index contributed by atoms with van der Waals surface area (Å²) in [6, 6.07) is 30.3. The van der Waals surface area contributed by atoms with Crippen LogP contribution in [0.25, 0.3) is 28.2 Å². The average Bonchev–Trinajstić information content (AvgIpc) is 2.95. The summed E-state index contributed by atoms with van der Waals surface area (Å²) in [4.78, 5) is 0. The minimum absolute atomic E-state index is 0.565. The molecule has 3 aromatic carbocycles. The Balaban J connectivity index is 2.09. The molecule has 4 aromatic rings. The van der Waals surface area contributed by atoms with Crippen molar-refractivity contribution < 1.29 is 0 Å². The van der Waals surface area contributed by atoms with Crippen LogP contribution in [-0.4, -0.2) is 4.57 Å². The van der Waals surface area contributed by atoms with Crippen LogP contribution in [0.4, 0.5) is 0 Å². The van der Waals surface area contributed by atoms with Crippen LogP contribution in [0, 0.1) is 0 Å². The van der Waals surface area contributed by atoms with Gasteiger partial charge >= 0.3 is 0 Å². The molecule has 0 saturated carbocycles. The molecule has 0 bridgehead atoms. The number of hydrogen-bond acceptors (Lipinski definition) is 0. The minimum atomic E-state index is 0.565. The Labute approximate surface area is 157 Å². The van der Waals surface area contributed by atoms with Gasteiger partial charge in [-0.1, -0.05) is 102 Å². The van der Waals surface area contributed by atoms with Crippen LogP contribution in [0.15, 0.2) is 91.0 Å².